The van der Waals surface area contributed by atoms with Crippen LogP contribution in [0.15, 0.2) is 145 Å². The van der Waals surface area contributed by atoms with E-state index in [1.54, 1.807) is 66.7 Å². The van der Waals surface area contributed by atoms with Crippen LogP contribution in [-0.2, 0) is 25.5 Å². The molecule has 0 amide bonds. The highest BCUT2D eigenvalue weighted by atomic mass is 16.5. The highest BCUT2D eigenvalue weighted by Crippen LogP contribution is 2.37. The Balaban J connectivity index is 1.07. The van der Waals surface area contributed by atoms with Crippen molar-refractivity contribution in [3.05, 3.63) is 168 Å². The van der Waals surface area contributed by atoms with Crippen LogP contribution in [0.25, 0.3) is 11.1 Å². The Labute approximate surface area is 385 Å². The molecule has 6 rings (SSSR count). The first kappa shape index (κ1) is 47.9. The number of hydrogen-bond donors (Lipinski definition) is 0. The van der Waals surface area contributed by atoms with Gasteiger partial charge in [0, 0.05) is 17.7 Å². The number of rotatable bonds is 25. The number of carbonyl (C=O) groups excluding carboxylic acids is 4. The molecule has 0 aromatic heterocycles. The van der Waals surface area contributed by atoms with Gasteiger partial charge in [0.2, 0.25) is 0 Å². The molecular formula is C54H54N2O10. The molecule has 0 atom stereocenters. The molecule has 0 fully saturated rings. The first-order chi connectivity index (χ1) is 32.2. The van der Waals surface area contributed by atoms with Crippen LogP contribution in [0.1, 0.15) is 101 Å². The lowest BCUT2D eigenvalue weighted by molar-refractivity contribution is -0.138. The van der Waals surface area contributed by atoms with Gasteiger partial charge < -0.3 is 28.4 Å². The van der Waals surface area contributed by atoms with Gasteiger partial charge in [0.25, 0.3) is 0 Å². The molecule has 0 heterocycles. The van der Waals surface area contributed by atoms with Crippen LogP contribution >= 0.6 is 0 Å². The topological polar surface area (TPSA) is 148 Å². The maximum absolute atomic E-state index is 13.4. The Bertz CT molecular complexity index is 2540. The Morgan fingerprint density at radius 3 is 1.65 bits per heavy atom. The number of ether oxygens (including phenoxy) is 6. The molecule has 1 aliphatic carbocycles. The molecule has 66 heavy (non-hydrogen) atoms. The smallest absolute Gasteiger partial charge is 0.343 e. The third-order valence-corrected chi connectivity index (χ3v) is 10.6. The van der Waals surface area contributed by atoms with Gasteiger partial charge in [0.1, 0.15) is 23.0 Å². The highest BCUT2D eigenvalue weighted by Gasteiger charge is 2.19. The average Bonchev–Trinajstić information content (AvgIpc) is 3.72. The first-order valence-corrected chi connectivity index (χ1v) is 22.1. The van der Waals surface area contributed by atoms with Crippen LogP contribution < -0.4 is 18.9 Å². The van der Waals surface area contributed by atoms with Crippen molar-refractivity contribution in [3.63, 3.8) is 0 Å². The molecule has 0 bridgehead atoms. The summed E-state index contributed by atoms with van der Waals surface area (Å²) in [7, 11) is 0. The predicted octanol–water partition coefficient (Wildman–Crippen LogP) is 10.9. The van der Waals surface area contributed by atoms with Crippen molar-refractivity contribution in [1.29, 1.82) is 0 Å². The summed E-state index contributed by atoms with van der Waals surface area (Å²) in [5.41, 5.74) is 7.58. The molecule has 0 N–H and O–H groups in total. The zero-order chi connectivity index (χ0) is 46.5. The minimum atomic E-state index is -0.606. The second kappa shape index (κ2) is 25.0. The van der Waals surface area contributed by atoms with Crippen LogP contribution in [0.4, 0.5) is 0 Å². The van der Waals surface area contributed by atoms with E-state index in [1.165, 1.54) is 28.5 Å². The maximum Gasteiger partial charge on any atom is 0.343 e. The zero-order valence-corrected chi connectivity index (χ0v) is 37.2. The van der Waals surface area contributed by atoms with E-state index in [0.29, 0.717) is 60.3 Å². The van der Waals surface area contributed by atoms with Gasteiger partial charge in [0.15, 0.2) is 0 Å². The summed E-state index contributed by atoms with van der Waals surface area (Å²) in [4.78, 5) is 49.0. The number of unbranched alkanes of at least 4 members (excludes halogenated alkanes) is 6. The number of benzene rings is 5. The molecule has 12 heteroatoms. The van der Waals surface area contributed by atoms with Crippen molar-refractivity contribution >= 4 is 35.8 Å². The van der Waals surface area contributed by atoms with E-state index in [0.717, 1.165) is 75.5 Å². The second-order valence-corrected chi connectivity index (χ2v) is 15.4. The number of esters is 4. The number of carbonyl (C=O) groups is 4. The van der Waals surface area contributed by atoms with E-state index >= 15 is 0 Å². The Morgan fingerprint density at radius 1 is 0.545 bits per heavy atom. The third kappa shape index (κ3) is 14.5. The van der Waals surface area contributed by atoms with E-state index in [-0.39, 0.29) is 11.5 Å². The van der Waals surface area contributed by atoms with Gasteiger partial charge in [-0.05, 0) is 165 Å². The van der Waals surface area contributed by atoms with Crippen LogP contribution in [-0.4, -0.2) is 62.2 Å². The third-order valence-electron chi connectivity index (χ3n) is 10.6. The number of hydrogen-bond acceptors (Lipinski definition) is 12. The Morgan fingerprint density at radius 2 is 1.06 bits per heavy atom. The van der Waals surface area contributed by atoms with Crippen molar-refractivity contribution in [2.24, 2.45) is 10.2 Å². The molecular weight excluding hydrogens is 837 g/mol. The van der Waals surface area contributed by atoms with Crippen LogP contribution in [0, 0.1) is 0 Å². The van der Waals surface area contributed by atoms with Gasteiger partial charge in [-0.25, -0.2) is 19.2 Å². The molecule has 1 aliphatic rings. The molecule has 0 saturated carbocycles. The lowest BCUT2D eigenvalue weighted by Crippen LogP contribution is -2.11. The lowest BCUT2D eigenvalue weighted by atomic mass is 10.0. The van der Waals surface area contributed by atoms with E-state index in [2.05, 4.69) is 59.8 Å². The van der Waals surface area contributed by atoms with Crippen molar-refractivity contribution in [3.8, 4) is 34.1 Å². The molecule has 5 aromatic carbocycles. The summed E-state index contributed by atoms with van der Waals surface area (Å²) in [6.07, 6.45) is 11.4. The van der Waals surface area contributed by atoms with E-state index in [4.69, 9.17) is 28.4 Å². The molecule has 0 spiro atoms. The second-order valence-electron chi connectivity index (χ2n) is 15.4. The monoisotopic (exact) mass is 890 g/mol. The van der Waals surface area contributed by atoms with Gasteiger partial charge in [-0.2, -0.15) is 10.2 Å². The number of nitrogens with zero attached hydrogens (tertiary/aromatic N) is 2. The van der Waals surface area contributed by atoms with Gasteiger partial charge in [-0.1, -0.05) is 49.6 Å². The molecule has 0 radical (unpaired) electrons. The normalized spacial score (nSPS) is 11.6. The SMILES string of the molecule is C=CC(=O)OCCCCCCOc1ccc(C(=O)Oc2ccc(OC(=O)c3ccc(OCCCCCCOC(=O)C=C)cc3)c(C=NN=C(C)c3ccc4c(c3)Cc3ccccc3-4)c2)cc1. The summed E-state index contributed by atoms with van der Waals surface area (Å²) in [5.74, 6) is -0.407. The quantitative estimate of drug-likeness (QED) is 0.0136. The van der Waals surface area contributed by atoms with Crippen LogP contribution in [0.5, 0.6) is 23.0 Å². The predicted molar refractivity (Wildman–Crippen MR) is 254 cm³/mol. The molecule has 340 valence electrons. The lowest BCUT2D eigenvalue weighted by Gasteiger charge is -2.11. The fraction of sp³-hybridized carbons (Fsp3) is 0.259. The van der Waals surface area contributed by atoms with Crippen LogP contribution in [0.2, 0.25) is 0 Å². The van der Waals surface area contributed by atoms with Crippen molar-refractivity contribution < 1.29 is 47.6 Å². The molecule has 0 saturated heterocycles. The first-order valence-electron chi connectivity index (χ1n) is 22.1. The summed E-state index contributed by atoms with van der Waals surface area (Å²) in [6.45, 7) is 10.4. The van der Waals surface area contributed by atoms with Gasteiger partial charge in [-0.15, -0.1) is 0 Å². The summed E-state index contributed by atoms with van der Waals surface area (Å²) in [6, 6.07) is 32.7. The average molecular weight is 891 g/mol. The Hall–Kier alpha value is -7.60. The largest absolute Gasteiger partial charge is 0.494 e. The number of fused-ring (bicyclic) bond motifs is 3. The minimum Gasteiger partial charge on any atom is -0.494 e. The standard InChI is InChI=1S/C54H54N2O10/c1-4-51(57)63-32-14-8-6-12-30-61-45-23-18-39(19-24-45)53(59)65-47-27-29-50(66-54(60)40-20-25-46(26-21-40)62-31-13-7-9-15-33-64-52(58)5-2)44(36-47)37-55-56-38(3)41-22-28-49-43(34-41)35-42-16-10-11-17-48(42)49/h4-5,10-11,16-29,34,36-37H,1-2,6-9,12-15,30-33,35H2,3H3. The fourth-order valence-corrected chi connectivity index (χ4v) is 7.05. The highest BCUT2D eigenvalue weighted by molar-refractivity contribution is 6.00. The van der Waals surface area contributed by atoms with Crippen LogP contribution in [0.3, 0.4) is 0 Å². The summed E-state index contributed by atoms with van der Waals surface area (Å²) < 4.78 is 33.3. The molecule has 0 unspecified atom stereocenters. The zero-order valence-electron chi connectivity index (χ0n) is 37.2. The van der Waals surface area contributed by atoms with Crippen molar-refractivity contribution in [2.45, 2.75) is 64.7 Å². The molecule has 0 aliphatic heterocycles. The van der Waals surface area contributed by atoms with Gasteiger partial charge in [-0.3, -0.25) is 0 Å². The van der Waals surface area contributed by atoms with E-state index in [9.17, 15) is 19.2 Å². The van der Waals surface area contributed by atoms with E-state index < -0.39 is 23.9 Å². The van der Waals surface area contributed by atoms with Gasteiger partial charge >= 0.3 is 23.9 Å². The van der Waals surface area contributed by atoms with Gasteiger partial charge in [0.05, 0.1) is 49.5 Å². The molecule has 5 aromatic rings. The van der Waals surface area contributed by atoms with Crippen molar-refractivity contribution in [2.75, 3.05) is 26.4 Å². The maximum atomic E-state index is 13.4. The Kier molecular flexibility index (Phi) is 18.2. The fourth-order valence-electron chi connectivity index (χ4n) is 7.05. The van der Waals surface area contributed by atoms with E-state index in [1.807, 2.05) is 13.0 Å². The summed E-state index contributed by atoms with van der Waals surface area (Å²) in [5, 5.41) is 8.85. The van der Waals surface area contributed by atoms with Crippen molar-refractivity contribution in [1.82, 2.24) is 0 Å². The summed E-state index contributed by atoms with van der Waals surface area (Å²) >= 11 is 0. The minimum absolute atomic E-state index is 0.184. The molecule has 12 nitrogen and oxygen atoms in total.